The first-order chi connectivity index (χ1) is 9.74. The van der Waals surface area contributed by atoms with Crippen LogP contribution in [0.15, 0.2) is 36.8 Å². The zero-order valence-corrected chi connectivity index (χ0v) is 11.1. The molecule has 0 aromatic carbocycles. The molecule has 0 saturated carbocycles. The van der Waals surface area contributed by atoms with Crippen LogP contribution in [-0.2, 0) is 0 Å². The van der Waals surface area contributed by atoms with Gasteiger partial charge in [0, 0.05) is 42.8 Å². The molecule has 0 unspecified atom stereocenters. The normalized spacial score (nSPS) is 14.5. The van der Waals surface area contributed by atoms with Crippen molar-refractivity contribution in [2.24, 2.45) is 0 Å². The van der Waals surface area contributed by atoms with Crippen LogP contribution in [0.5, 0.6) is 0 Å². The van der Waals surface area contributed by atoms with Crippen molar-refractivity contribution in [3.63, 3.8) is 0 Å². The molecule has 2 aromatic heterocycles. The van der Waals surface area contributed by atoms with Gasteiger partial charge in [-0.2, -0.15) is 0 Å². The fourth-order valence-corrected chi connectivity index (χ4v) is 2.42. The van der Waals surface area contributed by atoms with E-state index < -0.39 is 0 Å². The Morgan fingerprint density at radius 1 is 1.20 bits per heavy atom. The van der Waals surface area contributed by atoms with E-state index in [2.05, 4.69) is 9.97 Å². The predicted molar refractivity (Wildman–Crippen MR) is 77.0 cm³/mol. The molecular formula is C15H16N4O. The Bertz CT molecular complexity index is 635. The molecule has 5 nitrogen and oxygen atoms in total. The van der Waals surface area contributed by atoms with E-state index in [4.69, 9.17) is 5.73 Å². The van der Waals surface area contributed by atoms with E-state index in [0.717, 1.165) is 37.2 Å². The van der Waals surface area contributed by atoms with Crippen molar-refractivity contribution in [3.8, 4) is 11.3 Å². The van der Waals surface area contributed by atoms with Gasteiger partial charge in [0.15, 0.2) is 0 Å². The number of hydrogen-bond acceptors (Lipinski definition) is 4. The van der Waals surface area contributed by atoms with Crippen LogP contribution in [0.1, 0.15) is 23.2 Å². The number of likely N-dealkylation sites (tertiary alicyclic amines) is 1. The molecule has 20 heavy (non-hydrogen) atoms. The molecule has 102 valence electrons. The minimum atomic E-state index is 0.0722. The first-order valence-corrected chi connectivity index (χ1v) is 6.70. The smallest absolute Gasteiger partial charge is 0.253 e. The topological polar surface area (TPSA) is 72.1 Å². The number of anilines is 1. The molecule has 1 amide bonds. The van der Waals surface area contributed by atoms with Crippen molar-refractivity contribution in [2.75, 3.05) is 18.8 Å². The maximum Gasteiger partial charge on any atom is 0.253 e. The van der Waals surface area contributed by atoms with Crippen LogP contribution < -0.4 is 5.73 Å². The van der Waals surface area contributed by atoms with Crippen molar-refractivity contribution in [3.05, 3.63) is 42.4 Å². The van der Waals surface area contributed by atoms with Crippen molar-refractivity contribution in [1.29, 1.82) is 0 Å². The Morgan fingerprint density at radius 2 is 2.00 bits per heavy atom. The average Bonchev–Trinajstić information content (AvgIpc) is 3.01. The van der Waals surface area contributed by atoms with Crippen molar-refractivity contribution in [1.82, 2.24) is 14.9 Å². The van der Waals surface area contributed by atoms with Crippen molar-refractivity contribution in [2.45, 2.75) is 12.8 Å². The molecule has 1 aliphatic rings. The maximum absolute atomic E-state index is 12.4. The van der Waals surface area contributed by atoms with Gasteiger partial charge in [-0.15, -0.1) is 0 Å². The number of carbonyl (C=O) groups is 1. The molecule has 0 spiro atoms. The Kier molecular flexibility index (Phi) is 3.33. The molecule has 1 fully saturated rings. The Hall–Kier alpha value is -2.43. The number of nitrogen functional groups attached to an aromatic ring is 1. The van der Waals surface area contributed by atoms with E-state index in [-0.39, 0.29) is 5.91 Å². The average molecular weight is 268 g/mol. The first kappa shape index (κ1) is 12.6. The van der Waals surface area contributed by atoms with E-state index in [0.29, 0.717) is 11.3 Å². The Balaban J connectivity index is 1.91. The number of amides is 1. The second-order valence-corrected chi connectivity index (χ2v) is 4.94. The van der Waals surface area contributed by atoms with Gasteiger partial charge < -0.3 is 10.6 Å². The quantitative estimate of drug-likeness (QED) is 0.903. The van der Waals surface area contributed by atoms with Crippen LogP contribution >= 0.6 is 0 Å². The molecule has 0 radical (unpaired) electrons. The van der Waals surface area contributed by atoms with Crippen LogP contribution in [0.25, 0.3) is 11.3 Å². The zero-order valence-electron chi connectivity index (χ0n) is 11.1. The summed E-state index contributed by atoms with van der Waals surface area (Å²) < 4.78 is 0. The molecule has 2 N–H and O–H groups in total. The van der Waals surface area contributed by atoms with Crippen molar-refractivity contribution < 1.29 is 4.79 Å². The SMILES string of the molecule is Nc1cncc(-c2cc(C(=O)N3CCCC3)ccn2)c1. The largest absolute Gasteiger partial charge is 0.397 e. The molecule has 0 aliphatic carbocycles. The number of hydrogen-bond donors (Lipinski definition) is 1. The van der Waals surface area contributed by atoms with Crippen molar-refractivity contribution >= 4 is 11.6 Å². The summed E-state index contributed by atoms with van der Waals surface area (Å²) in [5.74, 6) is 0.0722. The van der Waals surface area contributed by atoms with Gasteiger partial charge in [-0.1, -0.05) is 0 Å². The van der Waals surface area contributed by atoms with E-state index in [9.17, 15) is 4.79 Å². The van der Waals surface area contributed by atoms with Crippen LogP contribution in [0, 0.1) is 0 Å². The van der Waals surface area contributed by atoms with Gasteiger partial charge in [0.25, 0.3) is 5.91 Å². The van der Waals surface area contributed by atoms with Crippen LogP contribution in [0.4, 0.5) is 5.69 Å². The van der Waals surface area contributed by atoms with Gasteiger partial charge in [0.2, 0.25) is 0 Å². The lowest BCUT2D eigenvalue weighted by Gasteiger charge is -2.15. The lowest BCUT2D eigenvalue weighted by molar-refractivity contribution is 0.0793. The second-order valence-electron chi connectivity index (χ2n) is 4.94. The maximum atomic E-state index is 12.4. The number of nitrogens with two attached hydrogens (primary N) is 1. The third-order valence-corrected chi connectivity index (χ3v) is 3.46. The molecule has 1 aliphatic heterocycles. The molecule has 2 aromatic rings. The predicted octanol–water partition coefficient (Wildman–Crippen LogP) is 1.96. The fraction of sp³-hybridized carbons (Fsp3) is 0.267. The molecule has 3 rings (SSSR count). The second kappa shape index (κ2) is 5.28. The highest BCUT2D eigenvalue weighted by Crippen LogP contribution is 2.20. The van der Waals surface area contributed by atoms with E-state index in [1.165, 1.54) is 0 Å². The summed E-state index contributed by atoms with van der Waals surface area (Å²) >= 11 is 0. The number of pyridine rings is 2. The summed E-state index contributed by atoms with van der Waals surface area (Å²) in [6.45, 7) is 1.69. The first-order valence-electron chi connectivity index (χ1n) is 6.70. The van der Waals surface area contributed by atoms with Gasteiger partial charge >= 0.3 is 0 Å². The lowest BCUT2D eigenvalue weighted by Crippen LogP contribution is -2.27. The fourth-order valence-electron chi connectivity index (χ4n) is 2.42. The monoisotopic (exact) mass is 268 g/mol. The molecule has 0 atom stereocenters. The van der Waals surface area contributed by atoms with Crippen LogP contribution in [-0.4, -0.2) is 33.9 Å². The summed E-state index contributed by atoms with van der Waals surface area (Å²) in [6.07, 6.45) is 7.11. The minimum absolute atomic E-state index is 0.0722. The van der Waals surface area contributed by atoms with Gasteiger partial charge in [-0.05, 0) is 31.0 Å². The summed E-state index contributed by atoms with van der Waals surface area (Å²) in [7, 11) is 0. The number of rotatable bonds is 2. The highest BCUT2D eigenvalue weighted by atomic mass is 16.2. The molecule has 3 heterocycles. The van der Waals surface area contributed by atoms with E-state index in [1.807, 2.05) is 4.90 Å². The highest BCUT2D eigenvalue weighted by Gasteiger charge is 2.19. The highest BCUT2D eigenvalue weighted by molar-refractivity contribution is 5.95. The molecule has 5 heteroatoms. The standard InChI is InChI=1S/C15H16N4O/c16-13-7-12(9-17-10-13)14-8-11(3-4-18-14)15(20)19-5-1-2-6-19/h3-4,7-10H,1-2,5-6,16H2. The number of carbonyl (C=O) groups excluding carboxylic acids is 1. The third kappa shape index (κ3) is 2.47. The summed E-state index contributed by atoms with van der Waals surface area (Å²) in [4.78, 5) is 22.6. The third-order valence-electron chi connectivity index (χ3n) is 3.46. The van der Waals surface area contributed by atoms with Gasteiger partial charge in [0.1, 0.15) is 0 Å². The van der Waals surface area contributed by atoms with E-state index >= 15 is 0 Å². The summed E-state index contributed by atoms with van der Waals surface area (Å²) in [6, 6.07) is 5.36. The van der Waals surface area contributed by atoms with Crippen LogP contribution in [0.2, 0.25) is 0 Å². The summed E-state index contributed by atoms with van der Waals surface area (Å²) in [5, 5.41) is 0. The lowest BCUT2D eigenvalue weighted by atomic mass is 10.1. The van der Waals surface area contributed by atoms with Gasteiger partial charge in [-0.25, -0.2) is 0 Å². The van der Waals surface area contributed by atoms with Crippen LogP contribution in [0.3, 0.4) is 0 Å². The zero-order chi connectivity index (χ0) is 13.9. The Labute approximate surface area is 117 Å². The summed E-state index contributed by atoms with van der Waals surface area (Å²) in [5.41, 5.74) is 8.52. The molecular weight excluding hydrogens is 252 g/mol. The van der Waals surface area contributed by atoms with E-state index in [1.54, 1.807) is 36.8 Å². The number of aromatic nitrogens is 2. The van der Waals surface area contributed by atoms with Gasteiger partial charge in [0.05, 0.1) is 11.4 Å². The number of nitrogens with zero attached hydrogens (tertiary/aromatic N) is 3. The van der Waals surface area contributed by atoms with Gasteiger partial charge in [-0.3, -0.25) is 14.8 Å². The molecule has 0 bridgehead atoms. The minimum Gasteiger partial charge on any atom is -0.397 e. The Morgan fingerprint density at radius 3 is 2.75 bits per heavy atom. The molecule has 1 saturated heterocycles.